The highest BCUT2D eigenvalue weighted by molar-refractivity contribution is 6.00. The van der Waals surface area contributed by atoms with Crippen molar-refractivity contribution in [2.45, 2.75) is 25.8 Å². The number of pyridine rings is 1. The first-order valence-corrected chi connectivity index (χ1v) is 8.53. The Labute approximate surface area is 160 Å². The lowest BCUT2D eigenvalue weighted by Crippen LogP contribution is -2.25. The molecule has 0 spiro atoms. The zero-order valence-corrected chi connectivity index (χ0v) is 14.9. The number of aromatic nitrogens is 4. The number of nitrogens with one attached hydrogen (secondary N) is 3. The lowest BCUT2D eigenvalue weighted by Gasteiger charge is -2.12. The molecule has 3 heterocycles. The van der Waals surface area contributed by atoms with Crippen LogP contribution in [0.1, 0.15) is 32.9 Å². The van der Waals surface area contributed by atoms with Crippen LogP contribution in [0.15, 0.2) is 24.5 Å². The molecule has 0 atom stereocenters. The monoisotopic (exact) mass is 370 g/mol. The first-order valence-electron chi connectivity index (χ1n) is 10.0. The molecule has 140 valence electrons. The maximum absolute atomic E-state index is 12.6. The second kappa shape index (κ2) is 6.75. The van der Waals surface area contributed by atoms with E-state index in [1.165, 1.54) is 16.9 Å². The van der Waals surface area contributed by atoms with Crippen molar-refractivity contribution in [3.05, 3.63) is 35.7 Å². The lowest BCUT2D eigenvalue weighted by atomic mass is 10.3. The van der Waals surface area contributed by atoms with E-state index in [-0.39, 0.29) is 17.8 Å². The third-order valence-electron chi connectivity index (χ3n) is 4.23. The van der Waals surface area contributed by atoms with Crippen LogP contribution in [-0.4, -0.2) is 45.6 Å². The molecule has 4 rings (SSSR count). The highest BCUT2D eigenvalue weighted by Gasteiger charge is 2.26. The van der Waals surface area contributed by atoms with Gasteiger partial charge in [0, 0.05) is 25.4 Å². The van der Waals surface area contributed by atoms with E-state index in [0.717, 1.165) is 18.4 Å². The maximum Gasteiger partial charge on any atom is 0.256 e. The number of hydrogen-bond acceptors (Lipinski definition) is 7. The predicted octanol–water partition coefficient (Wildman–Crippen LogP) is 2.12. The Bertz CT molecular complexity index is 1110. The van der Waals surface area contributed by atoms with Crippen molar-refractivity contribution in [1.29, 1.82) is 0 Å². The Morgan fingerprint density at radius 2 is 2.22 bits per heavy atom. The van der Waals surface area contributed by atoms with E-state index < -0.39 is 7.04 Å². The Hall–Kier alpha value is -3.36. The number of fused-ring (bicyclic) bond motifs is 1. The second-order valence-electron chi connectivity index (χ2n) is 6.41. The SMILES string of the molecule is [2H]C([2H])([2H])Oc1ncc(C)cc1Nc1cc(NC)n2ncc(C(=O)NC3CC3)c2n1. The fraction of sp³-hybridized carbons (Fsp3) is 0.333. The normalized spacial score (nSPS) is 15.6. The van der Waals surface area contributed by atoms with Gasteiger partial charge in [-0.2, -0.15) is 9.61 Å². The quantitative estimate of drug-likeness (QED) is 0.610. The molecular weight excluding hydrogens is 346 g/mol. The molecule has 9 heteroatoms. The first kappa shape index (κ1) is 13.8. The minimum atomic E-state index is -2.65. The van der Waals surface area contributed by atoms with E-state index in [1.54, 1.807) is 19.2 Å². The van der Waals surface area contributed by atoms with E-state index in [4.69, 9.17) is 8.85 Å². The number of ether oxygens (including phenoxy) is 1. The molecule has 1 fully saturated rings. The highest BCUT2D eigenvalue weighted by atomic mass is 16.5. The molecule has 0 aromatic carbocycles. The number of amides is 1. The number of nitrogens with zero attached hydrogens (tertiary/aromatic N) is 4. The largest absolute Gasteiger partial charge is 0.480 e. The Balaban J connectivity index is 1.72. The number of anilines is 3. The molecule has 0 aliphatic heterocycles. The summed E-state index contributed by atoms with van der Waals surface area (Å²) in [4.78, 5) is 21.1. The Kier molecular flexibility index (Phi) is 3.45. The molecule has 0 saturated heterocycles. The molecule has 27 heavy (non-hydrogen) atoms. The number of aryl methyl sites for hydroxylation is 1. The van der Waals surface area contributed by atoms with Crippen LogP contribution in [0.5, 0.6) is 5.88 Å². The van der Waals surface area contributed by atoms with Crippen LogP contribution in [0.2, 0.25) is 0 Å². The summed E-state index contributed by atoms with van der Waals surface area (Å²) in [6.45, 7) is 1.82. The molecule has 3 aromatic heterocycles. The smallest absolute Gasteiger partial charge is 0.256 e. The summed E-state index contributed by atoms with van der Waals surface area (Å²) in [5, 5.41) is 13.3. The molecule has 3 aromatic rings. The van der Waals surface area contributed by atoms with Crippen molar-refractivity contribution < 1.29 is 13.6 Å². The average molecular weight is 370 g/mol. The fourth-order valence-electron chi connectivity index (χ4n) is 2.72. The van der Waals surface area contributed by atoms with Crippen LogP contribution >= 0.6 is 0 Å². The van der Waals surface area contributed by atoms with Gasteiger partial charge in [-0.15, -0.1) is 0 Å². The molecular formula is C18H21N7O2. The van der Waals surface area contributed by atoms with Gasteiger partial charge in [-0.3, -0.25) is 4.79 Å². The summed E-state index contributed by atoms with van der Waals surface area (Å²) < 4.78 is 28.6. The van der Waals surface area contributed by atoms with Gasteiger partial charge < -0.3 is 20.7 Å². The minimum absolute atomic E-state index is 0.0755. The first-order chi connectivity index (χ1) is 14.2. The Morgan fingerprint density at radius 3 is 2.96 bits per heavy atom. The molecule has 0 unspecified atom stereocenters. The van der Waals surface area contributed by atoms with E-state index in [9.17, 15) is 4.79 Å². The molecule has 3 N–H and O–H groups in total. The van der Waals surface area contributed by atoms with Gasteiger partial charge in [0.05, 0.1) is 17.3 Å². The van der Waals surface area contributed by atoms with E-state index in [0.29, 0.717) is 28.5 Å². The van der Waals surface area contributed by atoms with Gasteiger partial charge in [0.25, 0.3) is 5.91 Å². The third kappa shape index (κ3) is 3.35. The minimum Gasteiger partial charge on any atom is -0.480 e. The summed E-state index contributed by atoms with van der Waals surface area (Å²) in [5.41, 5.74) is 1.86. The van der Waals surface area contributed by atoms with Crippen molar-refractivity contribution in [2.24, 2.45) is 0 Å². The standard InChI is InChI=1S/C18H21N7O2/c1-10-6-13(18(27-3)20-8-10)23-14-7-15(19-2)25-16(24-14)12(9-21-25)17(26)22-11-4-5-11/h6-9,11,19H,4-5H2,1-3H3,(H,22,26)(H,23,24)/i3D3. The molecule has 1 aliphatic carbocycles. The number of carbonyl (C=O) groups is 1. The molecule has 1 saturated carbocycles. The maximum atomic E-state index is 12.6. The zero-order valence-electron chi connectivity index (χ0n) is 17.9. The van der Waals surface area contributed by atoms with Crippen LogP contribution in [0, 0.1) is 6.92 Å². The second-order valence-corrected chi connectivity index (χ2v) is 6.41. The van der Waals surface area contributed by atoms with Crippen molar-refractivity contribution in [2.75, 3.05) is 24.7 Å². The van der Waals surface area contributed by atoms with Crippen LogP contribution in [0.4, 0.5) is 17.3 Å². The van der Waals surface area contributed by atoms with E-state index in [2.05, 4.69) is 31.0 Å². The number of methoxy groups -OCH3 is 1. The highest BCUT2D eigenvalue weighted by Crippen LogP contribution is 2.28. The van der Waals surface area contributed by atoms with Gasteiger partial charge in [-0.1, -0.05) is 0 Å². The van der Waals surface area contributed by atoms with Gasteiger partial charge in [0.1, 0.15) is 22.9 Å². The summed E-state index contributed by atoms with van der Waals surface area (Å²) in [7, 11) is -0.923. The molecule has 0 radical (unpaired) electrons. The molecule has 0 bridgehead atoms. The van der Waals surface area contributed by atoms with Gasteiger partial charge in [0.2, 0.25) is 5.88 Å². The number of carbonyl (C=O) groups excluding carboxylic acids is 1. The van der Waals surface area contributed by atoms with Gasteiger partial charge in [0.15, 0.2) is 5.65 Å². The van der Waals surface area contributed by atoms with Gasteiger partial charge >= 0.3 is 0 Å². The summed E-state index contributed by atoms with van der Waals surface area (Å²) in [6.07, 6.45) is 4.93. The molecule has 1 aliphatic rings. The van der Waals surface area contributed by atoms with E-state index >= 15 is 0 Å². The number of rotatable bonds is 6. The van der Waals surface area contributed by atoms with Crippen LogP contribution in [0.25, 0.3) is 5.65 Å². The van der Waals surface area contributed by atoms with Crippen molar-refractivity contribution in [3.63, 3.8) is 0 Å². The van der Waals surface area contributed by atoms with Crippen LogP contribution in [-0.2, 0) is 0 Å². The summed E-state index contributed by atoms with van der Waals surface area (Å²) >= 11 is 0. The van der Waals surface area contributed by atoms with E-state index in [1.807, 2.05) is 6.92 Å². The topological polar surface area (TPSA) is 105 Å². The van der Waals surface area contributed by atoms with Crippen molar-refractivity contribution >= 4 is 28.9 Å². The number of hydrogen-bond donors (Lipinski definition) is 3. The van der Waals surface area contributed by atoms with Crippen LogP contribution < -0.4 is 20.7 Å². The lowest BCUT2D eigenvalue weighted by molar-refractivity contribution is 0.0952. The van der Waals surface area contributed by atoms with Gasteiger partial charge in [-0.05, 0) is 31.4 Å². The van der Waals surface area contributed by atoms with Crippen molar-refractivity contribution in [3.8, 4) is 5.88 Å². The summed E-state index contributed by atoms with van der Waals surface area (Å²) in [6, 6.07) is 3.59. The van der Waals surface area contributed by atoms with Crippen LogP contribution in [0.3, 0.4) is 0 Å². The predicted molar refractivity (Wildman–Crippen MR) is 102 cm³/mol. The third-order valence-corrected chi connectivity index (χ3v) is 4.23. The average Bonchev–Trinajstić information content (AvgIpc) is 3.37. The van der Waals surface area contributed by atoms with Gasteiger partial charge in [-0.25, -0.2) is 9.97 Å². The van der Waals surface area contributed by atoms with Crippen molar-refractivity contribution in [1.82, 2.24) is 24.9 Å². The zero-order chi connectivity index (χ0) is 21.5. The summed E-state index contributed by atoms with van der Waals surface area (Å²) in [5.74, 6) is 0.652. The fourth-order valence-corrected chi connectivity index (χ4v) is 2.72. The molecule has 1 amide bonds. The Morgan fingerprint density at radius 1 is 1.37 bits per heavy atom. The molecule has 9 nitrogen and oxygen atoms in total.